The first-order valence-electron chi connectivity index (χ1n) is 12.3. The zero-order chi connectivity index (χ0) is 27.5. The highest BCUT2D eigenvalue weighted by Gasteiger charge is 2.61. The van der Waals surface area contributed by atoms with Crippen molar-refractivity contribution in [1.82, 2.24) is 4.90 Å². The normalized spacial score (nSPS) is 22.7. The molecule has 2 atom stereocenters. The van der Waals surface area contributed by atoms with Crippen LogP contribution in [0.15, 0.2) is 72.8 Å². The SMILES string of the molecule is O=C(COC(=O)CN1C(=O)[C@@H]2C3c4ccccc4C(c4ccccc43)[C@H]2C1=O)Nc1ccccc1C(F)(F)F. The van der Waals surface area contributed by atoms with Crippen LogP contribution in [-0.4, -0.2) is 41.7 Å². The summed E-state index contributed by atoms with van der Waals surface area (Å²) in [6, 6.07) is 19.8. The van der Waals surface area contributed by atoms with Crippen molar-refractivity contribution in [3.05, 3.63) is 101 Å². The Morgan fingerprint density at radius 1 is 0.769 bits per heavy atom. The molecule has 4 aliphatic rings. The number of anilines is 1. The average molecular weight is 534 g/mol. The van der Waals surface area contributed by atoms with E-state index in [2.05, 4.69) is 5.32 Å². The average Bonchev–Trinajstić information content (AvgIpc) is 3.17. The highest BCUT2D eigenvalue weighted by atomic mass is 19.4. The number of nitrogens with one attached hydrogen (secondary N) is 1. The minimum absolute atomic E-state index is 0.329. The lowest BCUT2D eigenvalue weighted by Crippen LogP contribution is -2.41. The quantitative estimate of drug-likeness (QED) is 0.394. The summed E-state index contributed by atoms with van der Waals surface area (Å²) in [5.74, 6) is -4.96. The summed E-state index contributed by atoms with van der Waals surface area (Å²) in [6.45, 7) is -1.57. The van der Waals surface area contributed by atoms with Gasteiger partial charge in [-0.2, -0.15) is 13.2 Å². The third kappa shape index (κ3) is 3.98. The van der Waals surface area contributed by atoms with Crippen molar-refractivity contribution in [3.8, 4) is 0 Å². The molecule has 0 saturated carbocycles. The van der Waals surface area contributed by atoms with Crippen molar-refractivity contribution in [2.24, 2.45) is 11.8 Å². The molecular formula is C29H21F3N2O5. The van der Waals surface area contributed by atoms with Gasteiger partial charge in [0.2, 0.25) is 11.8 Å². The van der Waals surface area contributed by atoms with Crippen LogP contribution in [0.3, 0.4) is 0 Å². The molecule has 3 aliphatic carbocycles. The Morgan fingerprint density at radius 3 is 1.72 bits per heavy atom. The summed E-state index contributed by atoms with van der Waals surface area (Å²) in [6.07, 6.45) is -4.69. The van der Waals surface area contributed by atoms with Gasteiger partial charge in [-0.15, -0.1) is 0 Å². The monoisotopic (exact) mass is 534 g/mol. The molecule has 1 aliphatic heterocycles. The number of esters is 1. The molecule has 39 heavy (non-hydrogen) atoms. The summed E-state index contributed by atoms with van der Waals surface area (Å²) >= 11 is 0. The third-order valence-corrected chi connectivity index (χ3v) is 7.70. The minimum atomic E-state index is -4.69. The first kappa shape index (κ1) is 24.8. The van der Waals surface area contributed by atoms with Crippen molar-refractivity contribution < 1.29 is 37.1 Å². The molecule has 7 rings (SSSR count). The van der Waals surface area contributed by atoms with Gasteiger partial charge in [-0.05, 0) is 34.4 Å². The van der Waals surface area contributed by atoms with Gasteiger partial charge >= 0.3 is 12.1 Å². The van der Waals surface area contributed by atoms with Gasteiger partial charge < -0.3 is 10.1 Å². The largest absolute Gasteiger partial charge is 0.454 e. The maximum Gasteiger partial charge on any atom is 0.418 e. The summed E-state index contributed by atoms with van der Waals surface area (Å²) in [5, 5.41) is 2.08. The van der Waals surface area contributed by atoms with E-state index in [1.54, 1.807) is 0 Å². The number of likely N-dealkylation sites (tertiary alicyclic amines) is 1. The molecule has 0 spiro atoms. The van der Waals surface area contributed by atoms with Crippen LogP contribution in [0.2, 0.25) is 0 Å². The number of amides is 3. The lowest BCUT2D eigenvalue weighted by atomic mass is 9.55. The molecular weight excluding hydrogens is 513 g/mol. The Morgan fingerprint density at radius 2 is 1.23 bits per heavy atom. The molecule has 1 N–H and O–H groups in total. The van der Waals surface area contributed by atoms with Crippen molar-refractivity contribution in [2.75, 3.05) is 18.5 Å². The van der Waals surface area contributed by atoms with E-state index in [9.17, 15) is 32.3 Å². The summed E-state index contributed by atoms with van der Waals surface area (Å²) < 4.78 is 44.4. The number of rotatable bonds is 5. The zero-order valence-corrected chi connectivity index (χ0v) is 20.3. The van der Waals surface area contributed by atoms with E-state index in [4.69, 9.17) is 4.74 Å². The molecule has 1 heterocycles. The number of halogens is 3. The molecule has 7 nitrogen and oxygen atoms in total. The van der Waals surface area contributed by atoms with Crippen molar-refractivity contribution in [3.63, 3.8) is 0 Å². The molecule has 0 radical (unpaired) electrons. The van der Waals surface area contributed by atoms with Crippen molar-refractivity contribution in [1.29, 1.82) is 0 Å². The van der Waals surface area contributed by atoms with E-state index < -0.39 is 66.1 Å². The van der Waals surface area contributed by atoms with Gasteiger partial charge in [-0.1, -0.05) is 60.7 Å². The van der Waals surface area contributed by atoms with E-state index in [-0.39, 0.29) is 11.8 Å². The predicted octanol–water partition coefficient (Wildman–Crippen LogP) is 4.08. The number of nitrogens with zero attached hydrogens (tertiary/aromatic N) is 1. The summed E-state index contributed by atoms with van der Waals surface area (Å²) in [4.78, 5) is 52.7. The number of alkyl halides is 3. The fourth-order valence-electron chi connectivity index (χ4n) is 6.24. The van der Waals surface area contributed by atoms with Gasteiger partial charge in [0.05, 0.1) is 23.1 Å². The predicted molar refractivity (Wildman–Crippen MR) is 131 cm³/mol. The topological polar surface area (TPSA) is 92.8 Å². The van der Waals surface area contributed by atoms with E-state index in [0.29, 0.717) is 0 Å². The second kappa shape index (κ2) is 9.07. The number of para-hydroxylation sites is 1. The maximum absolute atomic E-state index is 13.5. The number of benzene rings is 3. The lowest BCUT2D eigenvalue weighted by molar-refractivity contribution is -0.154. The second-order valence-electron chi connectivity index (χ2n) is 9.78. The standard InChI is InChI=1S/C29H21F3N2O5/c30-29(31,32)19-11-5-6-12-20(19)33-21(35)14-39-22(36)13-34-27(37)25-23-15-7-1-2-8-16(15)24(26(25)28(34)38)18-10-4-3-9-17(18)23/h1-12,23-26H,13-14H2,(H,33,35)/t23?,24?,25-,26-/m1/s1. The zero-order valence-electron chi connectivity index (χ0n) is 20.3. The highest BCUT2D eigenvalue weighted by Crippen LogP contribution is 2.60. The molecule has 1 saturated heterocycles. The van der Waals surface area contributed by atoms with Gasteiger partial charge in [-0.3, -0.25) is 24.1 Å². The maximum atomic E-state index is 13.5. The molecule has 3 aromatic carbocycles. The first-order chi connectivity index (χ1) is 18.7. The van der Waals surface area contributed by atoms with Gasteiger partial charge in [0.1, 0.15) is 6.54 Å². The van der Waals surface area contributed by atoms with Gasteiger partial charge in [-0.25, -0.2) is 0 Å². The number of imide groups is 1. The van der Waals surface area contributed by atoms with Crippen LogP contribution in [-0.2, 0) is 30.1 Å². The van der Waals surface area contributed by atoms with E-state index >= 15 is 0 Å². The van der Waals surface area contributed by atoms with Gasteiger partial charge in [0.15, 0.2) is 6.61 Å². The number of hydrogen-bond donors (Lipinski definition) is 1. The minimum Gasteiger partial charge on any atom is -0.454 e. The van der Waals surface area contributed by atoms with Crippen molar-refractivity contribution in [2.45, 2.75) is 18.0 Å². The molecule has 1 fully saturated rings. The lowest BCUT2D eigenvalue weighted by Gasteiger charge is -2.45. The highest BCUT2D eigenvalue weighted by molar-refractivity contribution is 6.09. The molecule has 0 aromatic heterocycles. The van der Waals surface area contributed by atoms with Crippen LogP contribution in [0, 0.1) is 11.8 Å². The number of carbonyl (C=O) groups excluding carboxylic acids is 4. The van der Waals surface area contributed by atoms with Crippen LogP contribution in [0.25, 0.3) is 0 Å². The Hall–Kier alpha value is -4.47. The smallest absolute Gasteiger partial charge is 0.418 e. The molecule has 3 amide bonds. The van der Waals surface area contributed by atoms with E-state index in [1.165, 1.54) is 12.1 Å². The molecule has 10 heteroatoms. The summed E-state index contributed by atoms with van der Waals surface area (Å²) in [7, 11) is 0. The van der Waals surface area contributed by atoms with E-state index in [0.717, 1.165) is 39.3 Å². The fraction of sp³-hybridized carbons (Fsp3) is 0.241. The fourth-order valence-corrected chi connectivity index (χ4v) is 6.24. The van der Waals surface area contributed by atoms with Gasteiger partial charge in [0.25, 0.3) is 5.91 Å². The number of carbonyl (C=O) groups is 4. The Balaban J connectivity index is 1.16. The van der Waals surface area contributed by atoms with Crippen LogP contribution >= 0.6 is 0 Å². The number of hydrogen-bond acceptors (Lipinski definition) is 5. The third-order valence-electron chi connectivity index (χ3n) is 7.70. The molecule has 198 valence electrons. The van der Waals surface area contributed by atoms with Crippen LogP contribution < -0.4 is 5.32 Å². The summed E-state index contributed by atoms with van der Waals surface area (Å²) in [5.41, 5.74) is 2.44. The Labute approximate surface area is 220 Å². The Bertz CT molecular complexity index is 1420. The van der Waals surface area contributed by atoms with E-state index in [1.807, 2.05) is 48.5 Å². The first-order valence-corrected chi connectivity index (χ1v) is 12.3. The second-order valence-corrected chi connectivity index (χ2v) is 9.78. The van der Waals surface area contributed by atoms with Crippen molar-refractivity contribution >= 4 is 29.4 Å². The van der Waals surface area contributed by atoms with Gasteiger partial charge in [0, 0.05) is 11.8 Å². The molecule has 2 bridgehead atoms. The van der Waals surface area contributed by atoms with Crippen LogP contribution in [0.1, 0.15) is 39.7 Å². The molecule has 0 unspecified atom stereocenters. The number of ether oxygens (including phenoxy) is 1. The Kier molecular flexibility index (Phi) is 5.78. The van der Waals surface area contributed by atoms with Crippen LogP contribution in [0.4, 0.5) is 18.9 Å². The molecule has 3 aromatic rings. The van der Waals surface area contributed by atoms with Crippen LogP contribution in [0.5, 0.6) is 0 Å².